The molecule has 0 atom stereocenters. The van der Waals surface area contributed by atoms with Crippen LogP contribution in [-0.4, -0.2) is 6.04 Å². The van der Waals surface area contributed by atoms with Crippen molar-refractivity contribution in [1.29, 1.82) is 0 Å². The highest BCUT2D eigenvalue weighted by Gasteiger charge is 2.24. The molecule has 4 heteroatoms. The van der Waals surface area contributed by atoms with Crippen LogP contribution in [0.25, 0.3) is 11.0 Å². The van der Waals surface area contributed by atoms with E-state index in [1.165, 1.54) is 18.9 Å². The molecule has 1 aromatic heterocycles. The second-order valence-electron chi connectivity index (χ2n) is 5.99. The summed E-state index contributed by atoms with van der Waals surface area (Å²) in [5.41, 5.74) is 0.855. The first kappa shape index (κ1) is 13.6. The lowest BCUT2D eigenvalue weighted by molar-refractivity contribution is 0.484. The molecule has 20 heavy (non-hydrogen) atoms. The lowest BCUT2D eigenvalue weighted by Gasteiger charge is -2.07. The third-order valence-electron chi connectivity index (χ3n) is 3.66. The first-order valence-electron chi connectivity index (χ1n) is 7.18. The van der Waals surface area contributed by atoms with Gasteiger partial charge in [-0.1, -0.05) is 13.8 Å². The third-order valence-corrected chi connectivity index (χ3v) is 3.66. The molecule has 1 saturated carbocycles. The van der Waals surface area contributed by atoms with Crippen molar-refractivity contribution >= 4 is 11.0 Å². The summed E-state index contributed by atoms with van der Waals surface area (Å²) in [7, 11) is 0. The average Bonchev–Trinajstić information content (AvgIpc) is 3.14. The first-order valence-corrected chi connectivity index (χ1v) is 7.18. The van der Waals surface area contributed by atoms with E-state index in [1.807, 2.05) is 0 Å². The Morgan fingerprint density at radius 3 is 2.60 bits per heavy atom. The van der Waals surface area contributed by atoms with Crippen molar-refractivity contribution in [2.75, 3.05) is 0 Å². The highest BCUT2D eigenvalue weighted by atomic mass is 19.1. The smallest absolute Gasteiger partial charge is 0.173 e. The van der Waals surface area contributed by atoms with E-state index >= 15 is 0 Å². The molecule has 1 aromatic carbocycles. The van der Waals surface area contributed by atoms with Gasteiger partial charge in [-0.3, -0.25) is 0 Å². The zero-order valence-corrected chi connectivity index (χ0v) is 11.8. The average molecular weight is 279 g/mol. The van der Waals surface area contributed by atoms with Crippen LogP contribution in [0.3, 0.4) is 0 Å². The van der Waals surface area contributed by atoms with Crippen LogP contribution in [0.5, 0.6) is 0 Å². The highest BCUT2D eigenvalue weighted by molar-refractivity contribution is 5.83. The Labute approximate surface area is 117 Å². The monoisotopic (exact) mass is 279 g/mol. The second-order valence-corrected chi connectivity index (χ2v) is 5.99. The van der Waals surface area contributed by atoms with E-state index in [2.05, 4.69) is 19.2 Å². The van der Waals surface area contributed by atoms with E-state index in [-0.39, 0.29) is 5.58 Å². The maximum atomic E-state index is 14.1. The summed E-state index contributed by atoms with van der Waals surface area (Å²) in [5.74, 6) is 0.130. The molecule has 0 saturated heterocycles. The van der Waals surface area contributed by atoms with Crippen molar-refractivity contribution in [3.8, 4) is 0 Å². The van der Waals surface area contributed by atoms with Gasteiger partial charge in [0.1, 0.15) is 11.6 Å². The van der Waals surface area contributed by atoms with E-state index in [1.54, 1.807) is 0 Å². The molecule has 3 rings (SSSR count). The SMILES string of the molecule is CC(C)Cc1c(CNC2CC2)oc2c(F)ccc(F)c12. The number of furan rings is 1. The van der Waals surface area contributed by atoms with Crippen LogP contribution in [-0.2, 0) is 13.0 Å². The number of halogens is 2. The molecule has 108 valence electrons. The molecule has 0 radical (unpaired) electrons. The van der Waals surface area contributed by atoms with Gasteiger partial charge in [-0.15, -0.1) is 0 Å². The summed E-state index contributed by atoms with van der Waals surface area (Å²) in [6.07, 6.45) is 3.03. The zero-order chi connectivity index (χ0) is 14.3. The molecular weight excluding hydrogens is 260 g/mol. The summed E-state index contributed by atoms with van der Waals surface area (Å²) in [5, 5.41) is 3.66. The van der Waals surface area contributed by atoms with Crippen LogP contribution in [0, 0.1) is 17.6 Å². The fourth-order valence-corrected chi connectivity index (χ4v) is 2.53. The van der Waals surface area contributed by atoms with E-state index < -0.39 is 11.6 Å². The van der Waals surface area contributed by atoms with Gasteiger partial charge in [0.2, 0.25) is 0 Å². The fraction of sp³-hybridized carbons (Fsp3) is 0.500. The molecule has 1 heterocycles. The van der Waals surface area contributed by atoms with Crippen molar-refractivity contribution in [2.45, 2.75) is 45.7 Å². The number of hydrogen-bond acceptors (Lipinski definition) is 2. The van der Waals surface area contributed by atoms with Gasteiger partial charge in [-0.05, 0) is 37.3 Å². The second kappa shape index (κ2) is 5.17. The topological polar surface area (TPSA) is 25.2 Å². The molecule has 0 unspecified atom stereocenters. The Balaban J connectivity index is 2.05. The molecule has 0 bridgehead atoms. The molecular formula is C16H19F2NO. The van der Waals surface area contributed by atoms with Crippen LogP contribution in [0.15, 0.2) is 16.5 Å². The Morgan fingerprint density at radius 1 is 1.25 bits per heavy atom. The Bertz CT molecular complexity index is 629. The van der Waals surface area contributed by atoms with Crippen molar-refractivity contribution in [3.05, 3.63) is 35.1 Å². The van der Waals surface area contributed by atoms with E-state index in [9.17, 15) is 8.78 Å². The number of benzene rings is 1. The predicted octanol–water partition coefficient (Wildman–Crippen LogP) is 4.16. The fourth-order valence-electron chi connectivity index (χ4n) is 2.53. The van der Waals surface area contributed by atoms with Crippen LogP contribution < -0.4 is 5.32 Å². The first-order chi connectivity index (χ1) is 9.56. The molecule has 0 amide bonds. The third kappa shape index (κ3) is 2.57. The van der Waals surface area contributed by atoms with Gasteiger partial charge in [0.05, 0.1) is 11.9 Å². The van der Waals surface area contributed by atoms with Crippen LogP contribution in [0.4, 0.5) is 8.78 Å². The number of rotatable bonds is 5. The van der Waals surface area contributed by atoms with Crippen LogP contribution in [0.1, 0.15) is 38.0 Å². The van der Waals surface area contributed by atoms with E-state index in [4.69, 9.17) is 4.42 Å². The van der Waals surface area contributed by atoms with Gasteiger partial charge < -0.3 is 9.73 Å². The minimum absolute atomic E-state index is 0.0493. The minimum Gasteiger partial charge on any atom is -0.456 e. The van der Waals surface area contributed by atoms with E-state index in [0.29, 0.717) is 36.1 Å². The van der Waals surface area contributed by atoms with Crippen molar-refractivity contribution < 1.29 is 13.2 Å². The van der Waals surface area contributed by atoms with Gasteiger partial charge in [-0.2, -0.15) is 0 Å². The molecule has 1 fully saturated rings. The number of hydrogen-bond donors (Lipinski definition) is 1. The number of nitrogens with one attached hydrogen (secondary N) is 1. The largest absolute Gasteiger partial charge is 0.456 e. The van der Waals surface area contributed by atoms with Crippen molar-refractivity contribution in [1.82, 2.24) is 5.32 Å². The Hall–Kier alpha value is -1.42. The molecule has 1 aliphatic carbocycles. The van der Waals surface area contributed by atoms with Crippen molar-refractivity contribution in [3.63, 3.8) is 0 Å². The normalized spacial score (nSPS) is 15.4. The van der Waals surface area contributed by atoms with Gasteiger partial charge in [-0.25, -0.2) is 8.78 Å². The lowest BCUT2D eigenvalue weighted by Crippen LogP contribution is -2.16. The Kier molecular flexibility index (Phi) is 3.50. The molecule has 1 N–H and O–H groups in total. The Morgan fingerprint density at radius 2 is 1.95 bits per heavy atom. The molecule has 1 aliphatic rings. The van der Waals surface area contributed by atoms with Crippen LogP contribution in [0.2, 0.25) is 0 Å². The minimum atomic E-state index is -0.496. The van der Waals surface area contributed by atoms with Gasteiger partial charge in [0, 0.05) is 11.6 Å². The standard InChI is InChI=1S/C16H19F2NO/c1-9(2)7-11-14(8-19-10-3-4-10)20-16-13(18)6-5-12(17)15(11)16/h5-6,9-10,19H,3-4,7-8H2,1-2H3. The summed E-state index contributed by atoms with van der Waals surface area (Å²) in [6, 6.07) is 2.83. The van der Waals surface area contributed by atoms with Crippen LogP contribution >= 0.6 is 0 Å². The maximum Gasteiger partial charge on any atom is 0.173 e. The highest BCUT2D eigenvalue weighted by Crippen LogP contribution is 2.32. The molecule has 2 nitrogen and oxygen atoms in total. The quantitative estimate of drug-likeness (QED) is 0.889. The molecule has 2 aromatic rings. The maximum absolute atomic E-state index is 14.1. The van der Waals surface area contributed by atoms with Crippen molar-refractivity contribution in [2.24, 2.45) is 5.92 Å². The zero-order valence-electron chi connectivity index (χ0n) is 11.8. The van der Waals surface area contributed by atoms with Gasteiger partial charge in [0.15, 0.2) is 11.4 Å². The summed E-state index contributed by atoms with van der Waals surface area (Å²) in [6.45, 7) is 4.67. The summed E-state index contributed by atoms with van der Waals surface area (Å²) in [4.78, 5) is 0. The summed E-state index contributed by atoms with van der Waals surface area (Å²) >= 11 is 0. The molecule has 0 aliphatic heterocycles. The number of fused-ring (bicyclic) bond motifs is 1. The van der Waals surface area contributed by atoms with E-state index in [0.717, 1.165) is 11.6 Å². The molecule has 0 spiro atoms. The van der Waals surface area contributed by atoms with Gasteiger partial charge >= 0.3 is 0 Å². The lowest BCUT2D eigenvalue weighted by atomic mass is 9.99. The van der Waals surface area contributed by atoms with Gasteiger partial charge in [0.25, 0.3) is 0 Å². The summed E-state index contributed by atoms with van der Waals surface area (Å²) < 4.78 is 33.5. The predicted molar refractivity (Wildman–Crippen MR) is 74.5 cm³/mol.